The molecule has 6 nitrogen and oxygen atoms in total. The lowest BCUT2D eigenvalue weighted by molar-refractivity contribution is -0.145. The Morgan fingerprint density at radius 2 is 1.92 bits per heavy atom. The molecule has 0 bridgehead atoms. The van der Waals surface area contributed by atoms with E-state index < -0.39 is 23.6 Å². The lowest BCUT2D eigenvalue weighted by atomic mass is 9.86. The lowest BCUT2D eigenvalue weighted by Gasteiger charge is -2.35. The van der Waals surface area contributed by atoms with Crippen molar-refractivity contribution in [1.29, 1.82) is 0 Å². The van der Waals surface area contributed by atoms with Crippen LogP contribution in [0.2, 0.25) is 0 Å². The average molecular weight is 355 g/mol. The SMILES string of the molecule is CC(C)(C)OC(=O)Nc1ccc([C@@H]2[C@H](C(=O)O)CCCN2Cl)cc1. The number of ether oxygens (including phenoxy) is 1. The standard InChI is InChI=1S/C17H23ClN2O4/c1-17(2,3)24-16(23)19-12-8-6-11(7-9-12)14-13(15(21)22)5-4-10-20(14)18/h6-9,13-14H,4-5,10H2,1-3H3,(H,19,23)(H,21,22)/t13-,14-/m1/s1. The Hall–Kier alpha value is -1.79. The van der Waals surface area contributed by atoms with Crippen LogP contribution in [0.5, 0.6) is 0 Å². The van der Waals surface area contributed by atoms with E-state index in [1.165, 1.54) is 0 Å². The first kappa shape index (κ1) is 18.5. The van der Waals surface area contributed by atoms with Crippen LogP contribution in [0.1, 0.15) is 45.2 Å². The van der Waals surface area contributed by atoms with Crippen LogP contribution in [0.15, 0.2) is 24.3 Å². The Labute approximate surface area is 146 Å². The molecule has 1 saturated heterocycles. The molecular formula is C17H23ClN2O4. The van der Waals surface area contributed by atoms with E-state index in [-0.39, 0.29) is 6.04 Å². The Morgan fingerprint density at radius 3 is 2.46 bits per heavy atom. The van der Waals surface area contributed by atoms with E-state index in [9.17, 15) is 14.7 Å². The van der Waals surface area contributed by atoms with E-state index in [0.29, 0.717) is 18.7 Å². The first-order valence-corrected chi connectivity index (χ1v) is 8.26. The topological polar surface area (TPSA) is 78.9 Å². The summed E-state index contributed by atoms with van der Waals surface area (Å²) >= 11 is 6.23. The van der Waals surface area contributed by atoms with Crippen LogP contribution in [0.4, 0.5) is 10.5 Å². The van der Waals surface area contributed by atoms with Gasteiger partial charge in [0.2, 0.25) is 0 Å². The normalized spacial score (nSPS) is 22.0. The van der Waals surface area contributed by atoms with E-state index in [1.807, 2.05) is 0 Å². The van der Waals surface area contributed by atoms with Gasteiger partial charge in [0, 0.05) is 12.2 Å². The highest BCUT2D eigenvalue weighted by molar-refractivity contribution is 6.13. The number of rotatable bonds is 3. The highest BCUT2D eigenvalue weighted by atomic mass is 35.5. The Kier molecular flexibility index (Phi) is 5.72. The van der Waals surface area contributed by atoms with Gasteiger partial charge < -0.3 is 9.84 Å². The number of anilines is 1. The number of carboxylic acids is 1. The number of carbonyl (C=O) groups is 2. The Morgan fingerprint density at radius 1 is 1.29 bits per heavy atom. The molecule has 0 unspecified atom stereocenters. The number of amides is 1. The molecule has 1 aliphatic rings. The summed E-state index contributed by atoms with van der Waals surface area (Å²) in [6.45, 7) is 6.02. The molecule has 0 saturated carbocycles. The van der Waals surface area contributed by atoms with E-state index in [1.54, 1.807) is 49.5 Å². The molecule has 24 heavy (non-hydrogen) atoms. The van der Waals surface area contributed by atoms with Crippen LogP contribution in [0, 0.1) is 5.92 Å². The minimum atomic E-state index is -0.846. The zero-order valence-electron chi connectivity index (χ0n) is 14.1. The summed E-state index contributed by atoms with van der Waals surface area (Å²) in [5.41, 5.74) is 0.823. The summed E-state index contributed by atoms with van der Waals surface area (Å²) in [6, 6.07) is 6.63. The Balaban J connectivity index is 2.10. The van der Waals surface area contributed by atoms with Gasteiger partial charge in [-0.15, -0.1) is 0 Å². The van der Waals surface area contributed by atoms with Crippen molar-refractivity contribution in [3.05, 3.63) is 29.8 Å². The first-order chi connectivity index (χ1) is 11.2. The number of carbonyl (C=O) groups excluding carboxylic acids is 1. The second-order valence-electron chi connectivity index (χ2n) is 6.90. The maximum Gasteiger partial charge on any atom is 0.412 e. The number of aliphatic carboxylic acids is 1. The van der Waals surface area contributed by atoms with Crippen LogP contribution in [0.25, 0.3) is 0 Å². The summed E-state index contributed by atoms with van der Waals surface area (Å²) in [4.78, 5) is 23.2. The summed E-state index contributed by atoms with van der Waals surface area (Å²) < 4.78 is 6.75. The predicted octanol–water partition coefficient (Wildman–Crippen LogP) is 4.03. The number of benzene rings is 1. The molecule has 1 amide bonds. The minimum absolute atomic E-state index is 0.381. The van der Waals surface area contributed by atoms with Crippen LogP contribution < -0.4 is 5.32 Å². The molecule has 1 fully saturated rings. The highest BCUT2D eigenvalue weighted by Crippen LogP contribution is 2.37. The number of carboxylic acid groups (broad SMARTS) is 1. The van der Waals surface area contributed by atoms with Crippen LogP contribution in [0.3, 0.4) is 0 Å². The van der Waals surface area contributed by atoms with Crippen molar-refractivity contribution >= 4 is 29.5 Å². The van der Waals surface area contributed by atoms with Gasteiger partial charge in [0.05, 0.1) is 12.0 Å². The quantitative estimate of drug-likeness (QED) is 0.801. The van der Waals surface area contributed by atoms with Crippen molar-refractivity contribution in [1.82, 2.24) is 4.42 Å². The molecule has 1 aliphatic heterocycles. The number of piperidine rings is 1. The summed E-state index contributed by atoms with van der Waals surface area (Å²) in [6.07, 6.45) is 0.825. The molecule has 7 heteroatoms. The molecule has 2 atom stereocenters. The van der Waals surface area contributed by atoms with Crippen molar-refractivity contribution in [3.63, 3.8) is 0 Å². The second-order valence-corrected chi connectivity index (χ2v) is 7.34. The minimum Gasteiger partial charge on any atom is -0.481 e. The van der Waals surface area contributed by atoms with E-state index in [0.717, 1.165) is 12.0 Å². The second kappa shape index (κ2) is 7.40. The fourth-order valence-electron chi connectivity index (χ4n) is 2.79. The van der Waals surface area contributed by atoms with Crippen molar-refractivity contribution < 1.29 is 19.4 Å². The fourth-order valence-corrected chi connectivity index (χ4v) is 3.16. The largest absolute Gasteiger partial charge is 0.481 e. The number of halogens is 1. The van der Waals surface area contributed by atoms with Gasteiger partial charge in [-0.2, -0.15) is 0 Å². The van der Waals surface area contributed by atoms with E-state index in [4.69, 9.17) is 16.5 Å². The summed E-state index contributed by atoms with van der Waals surface area (Å²) in [5.74, 6) is -1.39. The number of nitrogens with one attached hydrogen (secondary N) is 1. The van der Waals surface area contributed by atoms with Crippen molar-refractivity contribution in [3.8, 4) is 0 Å². The van der Waals surface area contributed by atoms with E-state index in [2.05, 4.69) is 5.32 Å². The molecule has 1 aromatic rings. The van der Waals surface area contributed by atoms with Crippen LogP contribution in [-0.4, -0.2) is 33.7 Å². The molecular weight excluding hydrogens is 332 g/mol. The molecule has 2 N–H and O–H groups in total. The third-order valence-corrected chi connectivity index (χ3v) is 4.16. The van der Waals surface area contributed by atoms with Gasteiger partial charge in [0.1, 0.15) is 5.60 Å². The Bertz CT molecular complexity index is 598. The smallest absolute Gasteiger partial charge is 0.412 e. The predicted molar refractivity (Wildman–Crippen MR) is 92.0 cm³/mol. The van der Waals surface area contributed by atoms with Gasteiger partial charge in [-0.25, -0.2) is 9.21 Å². The molecule has 0 radical (unpaired) electrons. The van der Waals surface area contributed by atoms with Gasteiger partial charge in [0.15, 0.2) is 0 Å². The number of nitrogens with zero attached hydrogens (tertiary/aromatic N) is 1. The molecule has 1 heterocycles. The third kappa shape index (κ3) is 4.85. The third-order valence-electron chi connectivity index (χ3n) is 3.78. The average Bonchev–Trinajstić information content (AvgIpc) is 2.46. The number of hydrogen-bond acceptors (Lipinski definition) is 4. The molecule has 0 aromatic heterocycles. The van der Waals surface area contributed by atoms with Crippen molar-refractivity contribution in [2.45, 2.75) is 45.3 Å². The van der Waals surface area contributed by atoms with Gasteiger partial charge >= 0.3 is 12.1 Å². The monoisotopic (exact) mass is 354 g/mol. The lowest BCUT2D eigenvalue weighted by Crippen LogP contribution is -2.36. The molecule has 2 rings (SSSR count). The first-order valence-electron chi connectivity index (χ1n) is 7.92. The van der Waals surface area contributed by atoms with Crippen LogP contribution in [-0.2, 0) is 9.53 Å². The number of hydrogen-bond donors (Lipinski definition) is 2. The highest BCUT2D eigenvalue weighted by Gasteiger charge is 2.36. The summed E-state index contributed by atoms with van der Waals surface area (Å²) in [5, 5.41) is 12.1. The molecule has 0 aliphatic carbocycles. The van der Waals surface area contributed by atoms with E-state index >= 15 is 0 Å². The summed E-state index contributed by atoms with van der Waals surface area (Å²) in [7, 11) is 0. The van der Waals surface area contributed by atoms with Gasteiger partial charge in [0.25, 0.3) is 0 Å². The zero-order chi connectivity index (χ0) is 17.9. The maximum atomic E-state index is 11.8. The maximum absolute atomic E-state index is 11.8. The van der Waals surface area contributed by atoms with Crippen LogP contribution >= 0.6 is 11.8 Å². The van der Waals surface area contributed by atoms with Crippen molar-refractivity contribution in [2.24, 2.45) is 5.92 Å². The molecule has 0 spiro atoms. The fraction of sp³-hybridized carbons (Fsp3) is 0.529. The van der Waals surface area contributed by atoms with Gasteiger partial charge in [-0.1, -0.05) is 12.1 Å². The van der Waals surface area contributed by atoms with Gasteiger partial charge in [-0.3, -0.25) is 10.1 Å². The molecule has 132 valence electrons. The van der Waals surface area contributed by atoms with Crippen molar-refractivity contribution in [2.75, 3.05) is 11.9 Å². The van der Waals surface area contributed by atoms with Gasteiger partial charge in [-0.05, 0) is 63.1 Å². The molecule has 1 aromatic carbocycles. The zero-order valence-corrected chi connectivity index (χ0v) is 14.8.